The topological polar surface area (TPSA) is 97.0 Å². The summed E-state index contributed by atoms with van der Waals surface area (Å²) in [5.41, 5.74) is 2.31. The highest BCUT2D eigenvalue weighted by molar-refractivity contribution is 5.95. The summed E-state index contributed by atoms with van der Waals surface area (Å²) < 4.78 is 10.3. The highest BCUT2D eigenvalue weighted by Gasteiger charge is 2.35. The van der Waals surface area contributed by atoms with Crippen LogP contribution in [0.3, 0.4) is 0 Å². The molecule has 0 spiro atoms. The Morgan fingerprint density at radius 2 is 1.68 bits per heavy atom. The van der Waals surface area contributed by atoms with E-state index in [2.05, 4.69) is 17.6 Å². The van der Waals surface area contributed by atoms with Crippen molar-refractivity contribution in [2.24, 2.45) is 0 Å². The van der Waals surface area contributed by atoms with Gasteiger partial charge >= 0.3 is 12.0 Å². The number of benzene rings is 1. The van der Waals surface area contributed by atoms with Crippen molar-refractivity contribution in [1.29, 1.82) is 0 Å². The lowest BCUT2D eigenvalue weighted by atomic mass is 9.95. The number of unbranched alkanes of at least 4 members (excludes halogenated alkanes) is 6. The van der Waals surface area contributed by atoms with E-state index in [4.69, 9.17) is 9.47 Å². The van der Waals surface area contributed by atoms with E-state index in [1.165, 1.54) is 44.1 Å². The van der Waals surface area contributed by atoms with Crippen molar-refractivity contribution in [2.45, 2.75) is 71.3 Å². The fraction of sp³-hybridized carbons (Fsp3) is 0.577. The molecule has 1 aromatic carbocycles. The molecule has 0 fully saturated rings. The van der Waals surface area contributed by atoms with Crippen molar-refractivity contribution in [3.05, 3.63) is 41.1 Å². The second-order valence-electron chi connectivity index (χ2n) is 8.61. The minimum Gasteiger partial charge on any atom is -0.460 e. The lowest BCUT2D eigenvalue weighted by molar-refractivity contribution is -0.140. The number of methoxy groups -OCH3 is 1. The number of ether oxygens (including phenoxy) is 2. The molecule has 2 rings (SSSR count). The zero-order valence-corrected chi connectivity index (χ0v) is 20.9. The van der Waals surface area contributed by atoms with Gasteiger partial charge in [0.05, 0.1) is 18.2 Å². The molecule has 0 bridgehead atoms. The van der Waals surface area contributed by atoms with E-state index in [0.717, 1.165) is 18.4 Å². The van der Waals surface area contributed by atoms with Crippen LogP contribution in [0.1, 0.15) is 76.8 Å². The van der Waals surface area contributed by atoms with Crippen molar-refractivity contribution < 1.29 is 23.9 Å². The van der Waals surface area contributed by atoms with Gasteiger partial charge in [-0.2, -0.15) is 0 Å². The van der Waals surface area contributed by atoms with Gasteiger partial charge in [0.15, 0.2) is 0 Å². The number of carbonyl (C=O) groups is 3. The zero-order valence-electron chi connectivity index (χ0n) is 20.9. The summed E-state index contributed by atoms with van der Waals surface area (Å²) in [6, 6.07) is 6.22. The minimum atomic E-state index is -0.642. The molecule has 34 heavy (non-hydrogen) atoms. The predicted octanol–water partition coefficient (Wildman–Crippen LogP) is 4.93. The molecule has 1 unspecified atom stereocenters. The zero-order chi connectivity index (χ0) is 24.9. The molecule has 0 saturated carbocycles. The van der Waals surface area contributed by atoms with Crippen LogP contribution in [0, 0.1) is 0 Å². The van der Waals surface area contributed by atoms with Crippen molar-refractivity contribution in [3.8, 4) is 0 Å². The number of rotatable bonds is 14. The Hall–Kier alpha value is -2.87. The third-order valence-electron chi connectivity index (χ3n) is 6.03. The lowest BCUT2D eigenvalue weighted by Gasteiger charge is -2.33. The number of esters is 1. The summed E-state index contributed by atoms with van der Waals surface area (Å²) in [7, 11) is 3.14. The first-order valence-corrected chi connectivity index (χ1v) is 12.2. The van der Waals surface area contributed by atoms with Crippen LogP contribution < -0.4 is 10.6 Å². The Kier molecular flexibility index (Phi) is 11.6. The monoisotopic (exact) mass is 473 g/mol. The quantitative estimate of drug-likeness (QED) is 0.295. The SMILES string of the molecule is CCCCCCCCCC(=O)Nc1ccc(C2NC(=O)N(C)C(C)=C2C(=O)OCCOC)cc1. The average molecular weight is 474 g/mol. The van der Waals surface area contributed by atoms with Crippen molar-refractivity contribution in [1.82, 2.24) is 10.2 Å². The van der Waals surface area contributed by atoms with Gasteiger partial charge in [-0.1, -0.05) is 57.6 Å². The Balaban J connectivity index is 1.97. The maximum atomic E-state index is 12.8. The molecule has 1 aliphatic heterocycles. The fourth-order valence-corrected chi connectivity index (χ4v) is 3.87. The minimum absolute atomic E-state index is 0.00736. The Labute approximate surface area is 203 Å². The Bertz CT molecular complexity index is 850. The molecule has 8 nitrogen and oxygen atoms in total. The van der Waals surface area contributed by atoms with Gasteiger partial charge in [-0.15, -0.1) is 0 Å². The lowest BCUT2D eigenvalue weighted by Crippen LogP contribution is -2.46. The number of carbonyl (C=O) groups excluding carboxylic acids is 3. The number of hydrogen-bond acceptors (Lipinski definition) is 5. The summed E-state index contributed by atoms with van der Waals surface area (Å²) in [6.45, 7) is 4.34. The van der Waals surface area contributed by atoms with Gasteiger partial charge in [-0.25, -0.2) is 9.59 Å². The van der Waals surface area contributed by atoms with Crippen molar-refractivity contribution >= 4 is 23.6 Å². The molecule has 188 valence electrons. The number of allylic oxidation sites excluding steroid dienone is 1. The molecular formula is C26H39N3O5. The Morgan fingerprint density at radius 3 is 2.32 bits per heavy atom. The highest BCUT2D eigenvalue weighted by atomic mass is 16.6. The third-order valence-corrected chi connectivity index (χ3v) is 6.03. The van der Waals surface area contributed by atoms with Crippen LogP contribution in [0.5, 0.6) is 0 Å². The van der Waals surface area contributed by atoms with Crippen molar-refractivity contribution in [2.75, 3.05) is 32.7 Å². The highest BCUT2D eigenvalue weighted by Crippen LogP contribution is 2.31. The number of amides is 3. The smallest absolute Gasteiger partial charge is 0.338 e. The summed E-state index contributed by atoms with van der Waals surface area (Å²) in [5, 5.41) is 5.78. The Morgan fingerprint density at radius 1 is 1.03 bits per heavy atom. The molecule has 8 heteroatoms. The van der Waals surface area contributed by atoms with Gasteiger partial charge in [-0.05, 0) is 31.0 Å². The van der Waals surface area contributed by atoms with Crippen LogP contribution in [0.25, 0.3) is 0 Å². The van der Waals surface area contributed by atoms with Crippen LogP contribution in [-0.2, 0) is 19.1 Å². The van der Waals surface area contributed by atoms with E-state index in [0.29, 0.717) is 23.4 Å². The van der Waals surface area contributed by atoms with Crippen LogP contribution in [0.2, 0.25) is 0 Å². The number of nitrogens with zero attached hydrogens (tertiary/aromatic N) is 1. The first-order chi connectivity index (χ1) is 16.4. The van der Waals surface area contributed by atoms with Crippen LogP contribution in [0.4, 0.5) is 10.5 Å². The number of anilines is 1. The molecule has 2 N–H and O–H groups in total. The number of nitrogens with one attached hydrogen (secondary N) is 2. The van der Waals surface area contributed by atoms with Crippen molar-refractivity contribution in [3.63, 3.8) is 0 Å². The maximum absolute atomic E-state index is 12.8. The number of urea groups is 1. The average Bonchev–Trinajstić information content (AvgIpc) is 2.82. The summed E-state index contributed by atoms with van der Waals surface area (Å²) in [5.74, 6) is -0.509. The van der Waals surface area contributed by atoms with Crippen LogP contribution in [0.15, 0.2) is 35.5 Å². The van der Waals surface area contributed by atoms with Gasteiger partial charge < -0.3 is 25.0 Å². The summed E-state index contributed by atoms with van der Waals surface area (Å²) in [4.78, 5) is 38.8. The summed E-state index contributed by atoms with van der Waals surface area (Å²) in [6.07, 6.45) is 8.66. The van der Waals surface area contributed by atoms with Gasteiger partial charge in [0.2, 0.25) is 5.91 Å². The van der Waals surface area contributed by atoms with E-state index >= 15 is 0 Å². The van der Waals surface area contributed by atoms with Crippen LogP contribution in [-0.4, -0.2) is 50.2 Å². The normalized spacial score (nSPS) is 15.8. The number of hydrogen-bond donors (Lipinski definition) is 2. The molecule has 3 amide bonds. The summed E-state index contributed by atoms with van der Waals surface area (Å²) >= 11 is 0. The fourth-order valence-electron chi connectivity index (χ4n) is 3.87. The van der Waals surface area contributed by atoms with E-state index < -0.39 is 12.0 Å². The second-order valence-corrected chi connectivity index (χ2v) is 8.61. The molecule has 0 aliphatic carbocycles. The molecule has 1 aliphatic rings. The van der Waals surface area contributed by atoms with Crippen LogP contribution >= 0.6 is 0 Å². The molecule has 1 aromatic rings. The van der Waals surface area contributed by atoms with E-state index in [1.54, 1.807) is 38.2 Å². The molecule has 1 atom stereocenters. The third kappa shape index (κ3) is 8.17. The maximum Gasteiger partial charge on any atom is 0.338 e. The molecule has 1 heterocycles. The molecule has 0 aromatic heterocycles. The molecule has 0 saturated heterocycles. The second kappa shape index (κ2) is 14.4. The van der Waals surface area contributed by atoms with E-state index in [-0.39, 0.29) is 25.2 Å². The van der Waals surface area contributed by atoms with Gasteiger partial charge in [0.1, 0.15) is 6.61 Å². The first kappa shape index (κ1) is 27.4. The largest absolute Gasteiger partial charge is 0.460 e. The van der Waals surface area contributed by atoms with E-state index in [9.17, 15) is 14.4 Å². The first-order valence-electron chi connectivity index (χ1n) is 12.2. The molecular weight excluding hydrogens is 434 g/mol. The van der Waals surface area contributed by atoms with E-state index in [1.807, 2.05) is 0 Å². The van der Waals surface area contributed by atoms with Gasteiger partial charge in [0.25, 0.3) is 0 Å². The predicted molar refractivity (Wildman–Crippen MR) is 132 cm³/mol. The van der Waals surface area contributed by atoms with Gasteiger partial charge in [0, 0.05) is 32.0 Å². The standard InChI is InChI=1S/C26H39N3O5/c1-5-6-7-8-9-10-11-12-22(30)27-21-15-13-20(14-16-21)24-23(25(31)34-18-17-33-4)19(2)29(3)26(32)28-24/h13-16,24H,5-12,17-18H2,1-4H3,(H,27,30)(H,28,32). The molecule has 0 radical (unpaired) electrons. The van der Waals surface area contributed by atoms with Gasteiger partial charge in [-0.3, -0.25) is 4.79 Å².